The van der Waals surface area contributed by atoms with Crippen LogP contribution in [0.15, 0.2) is 35.1 Å². The molecular weight excluding hydrogens is 374 g/mol. The first-order valence-corrected chi connectivity index (χ1v) is 8.34. The van der Waals surface area contributed by atoms with E-state index in [1.165, 1.54) is 7.11 Å². The number of hydrogen-bond donors (Lipinski definition) is 4. The molecule has 0 unspecified atom stereocenters. The number of H-pyrrole nitrogens is 2. The molecule has 0 aliphatic rings. The Morgan fingerprint density at radius 3 is 2.59 bits per heavy atom. The molecule has 4 N–H and O–H groups in total. The maximum Gasteiger partial charge on any atom is 0.325 e. The van der Waals surface area contributed by atoms with Gasteiger partial charge in [0, 0.05) is 17.9 Å². The van der Waals surface area contributed by atoms with Crippen LogP contribution in [0.3, 0.4) is 0 Å². The van der Waals surface area contributed by atoms with E-state index in [0.717, 1.165) is 0 Å². The fourth-order valence-corrected chi connectivity index (χ4v) is 2.58. The van der Waals surface area contributed by atoms with Crippen LogP contribution in [-0.4, -0.2) is 33.9 Å². The lowest BCUT2D eigenvalue weighted by Gasteiger charge is -2.10. The van der Waals surface area contributed by atoms with Gasteiger partial charge in [0.05, 0.1) is 18.3 Å². The van der Waals surface area contributed by atoms with Crippen molar-refractivity contribution in [2.45, 2.75) is 12.8 Å². The van der Waals surface area contributed by atoms with Crippen LogP contribution in [0.4, 0.5) is 11.5 Å². The third kappa shape index (κ3) is 4.64. The van der Waals surface area contributed by atoms with Gasteiger partial charge in [0.2, 0.25) is 11.8 Å². The summed E-state index contributed by atoms with van der Waals surface area (Å²) in [5.74, 6) is 0.00639. The molecule has 27 heavy (non-hydrogen) atoms. The summed E-state index contributed by atoms with van der Waals surface area (Å²) in [7, 11) is 1.48. The molecule has 2 aromatic heterocycles. The van der Waals surface area contributed by atoms with Gasteiger partial charge in [-0.1, -0.05) is 11.6 Å². The molecular formula is C17H16ClN5O4. The molecule has 1 aromatic carbocycles. The molecule has 0 aliphatic heterocycles. The van der Waals surface area contributed by atoms with Gasteiger partial charge in [0.25, 0.3) is 0 Å². The highest BCUT2D eigenvalue weighted by Crippen LogP contribution is 2.27. The number of carbonyl (C=O) groups excluding carboxylic acids is 2. The van der Waals surface area contributed by atoms with E-state index in [9.17, 15) is 14.4 Å². The lowest BCUT2D eigenvalue weighted by Crippen LogP contribution is -2.18. The van der Waals surface area contributed by atoms with Crippen molar-refractivity contribution in [2.75, 3.05) is 17.7 Å². The van der Waals surface area contributed by atoms with Crippen LogP contribution in [0.1, 0.15) is 12.8 Å². The lowest BCUT2D eigenvalue weighted by atomic mass is 10.2. The number of aromatic amines is 2. The van der Waals surface area contributed by atoms with Gasteiger partial charge in [-0.25, -0.2) is 9.78 Å². The third-order valence-electron chi connectivity index (χ3n) is 3.66. The van der Waals surface area contributed by atoms with E-state index in [1.807, 2.05) is 0 Å². The van der Waals surface area contributed by atoms with Crippen molar-refractivity contribution in [3.63, 3.8) is 0 Å². The maximum absolute atomic E-state index is 12.1. The summed E-state index contributed by atoms with van der Waals surface area (Å²) < 4.78 is 5.15. The molecule has 10 heteroatoms. The second-order valence-electron chi connectivity index (χ2n) is 5.61. The van der Waals surface area contributed by atoms with E-state index in [0.29, 0.717) is 27.6 Å². The number of nitrogens with one attached hydrogen (secondary N) is 4. The summed E-state index contributed by atoms with van der Waals surface area (Å²) in [5, 5.41) is 5.69. The number of imidazole rings is 1. The standard InChI is InChI=1S/C17H16ClN5O4/c1-27-12-4-2-9(18)8-11(12)19-14(24)6-7-15(25)21-13-5-3-10-16(22-13)23-17(26)20-10/h2-5,8H,6-7H2,1H3,(H,19,24)(H3,20,21,22,23,25,26). The summed E-state index contributed by atoms with van der Waals surface area (Å²) in [5.41, 5.74) is 0.921. The Bertz CT molecular complexity index is 1060. The van der Waals surface area contributed by atoms with Crippen LogP contribution in [0, 0.1) is 0 Å². The molecule has 0 saturated heterocycles. The summed E-state index contributed by atoms with van der Waals surface area (Å²) in [4.78, 5) is 44.5. The number of fused-ring (bicyclic) bond motifs is 1. The molecule has 3 aromatic rings. The van der Waals surface area contributed by atoms with Crippen LogP contribution in [0.2, 0.25) is 5.02 Å². The van der Waals surface area contributed by atoms with Crippen LogP contribution in [-0.2, 0) is 9.59 Å². The van der Waals surface area contributed by atoms with Gasteiger partial charge in [0.15, 0.2) is 5.65 Å². The smallest absolute Gasteiger partial charge is 0.325 e. The second kappa shape index (κ2) is 7.92. The highest BCUT2D eigenvalue weighted by Gasteiger charge is 2.12. The van der Waals surface area contributed by atoms with Crippen LogP contribution < -0.4 is 21.1 Å². The van der Waals surface area contributed by atoms with Gasteiger partial charge in [-0.2, -0.15) is 0 Å². The molecule has 2 amide bonds. The number of pyridine rings is 1. The predicted octanol–water partition coefficient (Wildman–Crippen LogP) is 2.27. The van der Waals surface area contributed by atoms with Crippen LogP contribution in [0.25, 0.3) is 11.2 Å². The summed E-state index contributed by atoms with van der Waals surface area (Å²) >= 11 is 5.92. The first-order valence-electron chi connectivity index (χ1n) is 7.97. The Kier molecular flexibility index (Phi) is 5.41. The number of ether oxygens (including phenoxy) is 1. The fourth-order valence-electron chi connectivity index (χ4n) is 2.41. The number of halogens is 1. The van der Waals surface area contributed by atoms with E-state index >= 15 is 0 Å². The molecule has 0 aliphatic carbocycles. The van der Waals surface area contributed by atoms with Gasteiger partial charge in [0.1, 0.15) is 11.6 Å². The first-order chi connectivity index (χ1) is 12.9. The van der Waals surface area contributed by atoms with E-state index in [2.05, 4.69) is 25.6 Å². The number of amides is 2. The minimum Gasteiger partial charge on any atom is -0.495 e. The molecule has 0 bridgehead atoms. The van der Waals surface area contributed by atoms with Gasteiger partial charge in [-0.3, -0.25) is 14.6 Å². The number of rotatable bonds is 6. The fraction of sp³-hybridized carbons (Fsp3) is 0.176. The zero-order valence-electron chi connectivity index (χ0n) is 14.3. The van der Waals surface area contributed by atoms with Crippen LogP contribution in [0.5, 0.6) is 5.75 Å². The normalized spacial score (nSPS) is 10.6. The third-order valence-corrected chi connectivity index (χ3v) is 3.89. The van der Waals surface area contributed by atoms with Gasteiger partial charge >= 0.3 is 5.69 Å². The molecule has 0 radical (unpaired) electrons. The van der Waals surface area contributed by atoms with Crippen molar-refractivity contribution in [3.8, 4) is 5.75 Å². The molecule has 2 heterocycles. The number of nitrogens with zero attached hydrogens (tertiary/aromatic N) is 1. The Hall–Kier alpha value is -3.33. The molecule has 0 fully saturated rings. The lowest BCUT2D eigenvalue weighted by molar-refractivity contribution is -0.121. The Labute approximate surface area is 158 Å². The molecule has 9 nitrogen and oxygen atoms in total. The maximum atomic E-state index is 12.1. The van der Waals surface area contributed by atoms with Crippen molar-refractivity contribution in [3.05, 3.63) is 45.8 Å². The number of anilines is 2. The number of hydrogen-bond acceptors (Lipinski definition) is 5. The van der Waals surface area contributed by atoms with Crippen LogP contribution >= 0.6 is 11.6 Å². The molecule has 140 valence electrons. The molecule has 0 atom stereocenters. The number of methoxy groups -OCH3 is 1. The van der Waals surface area contributed by atoms with E-state index < -0.39 is 0 Å². The average molecular weight is 390 g/mol. The zero-order chi connectivity index (χ0) is 19.4. The van der Waals surface area contributed by atoms with E-state index in [-0.39, 0.29) is 36.2 Å². The van der Waals surface area contributed by atoms with Crippen molar-refractivity contribution in [1.82, 2.24) is 15.0 Å². The Balaban J connectivity index is 1.55. The number of aromatic nitrogens is 3. The summed E-state index contributed by atoms with van der Waals surface area (Å²) in [6.07, 6.45) is -0.0805. The SMILES string of the molecule is COc1ccc(Cl)cc1NC(=O)CCC(=O)Nc1ccc2[nH]c(=O)[nH]c2n1. The van der Waals surface area contributed by atoms with Crippen molar-refractivity contribution >= 4 is 46.1 Å². The predicted molar refractivity (Wildman–Crippen MR) is 101 cm³/mol. The highest BCUT2D eigenvalue weighted by molar-refractivity contribution is 6.31. The summed E-state index contributed by atoms with van der Waals surface area (Å²) in [6.45, 7) is 0. The Morgan fingerprint density at radius 2 is 1.85 bits per heavy atom. The van der Waals surface area contributed by atoms with Gasteiger partial charge in [-0.05, 0) is 30.3 Å². The highest BCUT2D eigenvalue weighted by atomic mass is 35.5. The summed E-state index contributed by atoms with van der Waals surface area (Å²) in [6, 6.07) is 8.02. The van der Waals surface area contributed by atoms with Crippen molar-refractivity contribution < 1.29 is 14.3 Å². The van der Waals surface area contributed by atoms with E-state index in [4.69, 9.17) is 16.3 Å². The van der Waals surface area contributed by atoms with Crippen molar-refractivity contribution in [2.24, 2.45) is 0 Å². The molecule has 3 rings (SSSR count). The largest absolute Gasteiger partial charge is 0.495 e. The van der Waals surface area contributed by atoms with Crippen molar-refractivity contribution in [1.29, 1.82) is 0 Å². The molecule has 0 spiro atoms. The second-order valence-corrected chi connectivity index (χ2v) is 6.05. The number of carbonyl (C=O) groups is 2. The topological polar surface area (TPSA) is 129 Å². The first kappa shape index (κ1) is 18.5. The minimum atomic E-state index is -0.382. The number of benzene rings is 1. The zero-order valence-corrected chi connectivity index (χ0v) is 15.0. The molecule has 0 saturated carbocycles. The minimum absolute atomic E-state index is 0.0370. The quantitative estimate of drug-likeness (QED) is 0.514. The monoisotopic (exact) mass is 389 g/mol. The van der Waals surface area contributed by atoms with Gasteiger partial charge < -0.3 is 20.4 Å². The average Bonchev–Trinajstić information content (AvgIpc) is 2.99. The van der Waals surface area contributed by atoms with E-state index in [1.54, 1.807) is 30.3 Å². The van der Waals surface area contributed by atoms with Gasteiger partial charge in [-0.15, -0.1) is 0 Å². The Morgan fingerprint density at radius 1 is 1.11 bits per heavy atom.